The van der Waals surface area contributed by atoms with Gasteiger partial charge in [0.1, 0.15) is 0 Å². The van der Waals surface area contributed by atoms with Crippen molar-refractivity contribution in [3.8, 4) is 102 Å². The fraction of sp³-hybridized carbons (Fsp3) is 0.00855. The number of hydrogen-bond donors (Lipinski definition) is 0. The SMILES string of the molecule is Cc1cc2c3cc(-c4ccc(-c5cccc(-n6c7ccccc7c7ccc8c9ccccc9n(-c9nc(-c%10ccc%11ccccc%11c%10)nc(-n%10c%11ccccc%11c%11ccc%12c%13ccccc%13n(-c%13ccccc%13)c%12c%11%10)n9)c8c76)c5)cc4)ccc3n(-c3nc(-c4ccccc4)nc(-c4ccccc4)n3)c2c2c1c1cc(-c3ccccc3)ccc1n2-c1ccc2ccccc2c1. The molecule has 0 aliphatic heterocycles. The summed E-state index contributed by atoms with van der Waals surface area (Å²) < 4.78 is 14.3. The molecule has 27 aromatic rings. The minimum Gasteiger partial charge on any atom is -0.307 e. The molecule has 0 aliphatic rings. The third kappa shape index (κ3) is 11.1. The highest BCUT2D eigenvalue weighted by molar-refractivity contribution is 6.28. The van der Waals surface area contributed by atoms with Crippen molar-refractivity contribution in [2.75, 3.05) is 0 Å². The Labute approximate surface area is 738 Å². The molecule has 19 aromatic carbocycles. The van der Waals surface area contributed by atoms with Crippen molar-refractivity contribution in [1.29, 1.82) is 0 Å². The van der Waals surface area contributed by atoms with E-state index in [1.54, 1.807) is 0 Å². The molecule has 27 rings (SSSR count). The normalized spacial score (nSPS) is 12.1. The van der Waals surface area contributed by atoms with Crippen LogP contribution in [0.5, 0.6) is 0 Å². The van der Waals surface area contributed by atoms with E-state index in [0.29, 0.717) is 35.3 Å². The summed E-state index contributed by atoms with van der Waals surface area (Å²) in [7, 11) is 0. The molecule has 129 heavy (non-hydrogen) atoms. The number of para-hydroxylation sites is 5. The van der Waals surface area contributed by atoms with Crippen LogP contribution in [0.1, 0.15) is 5.56 Å². The lowest BCUT2D eigenvalue weighted by atomic mass is 9.98. The standard InChI is InChI=1S/C117H72N12/c1-71-65-97-96-69-82(56-63-103(96)129(115-119-112(77-31-8-3-9-32-77)118-113(120-115)78-33-10-4-11-34-78)110(97)111-105(71)98-70-83(72-27-6-2-7-28-72)57-64-104(98)126(111)87-58-55-74-30-15-17-36-80(74)68-87)76-51-49-75(50-52-76)81-37-26-40-86(67-81)125-100-46-23-19-42-89(100)93-60-62-95-91-44-21-25-48-102(91)128(109(95)107(93)125)117-122-114(84-54-53-73-29-14-16-35-79(73)66-84)121-116(123-117)127-101-47-24-20-43-90(101)94-61-59-92-88-41-18-22-45-99(88)124(106(92)108(94)127)85-38-12-5-13-39-85/h2-70H,1H3. The van der Waals surface area contributed by atoms with Crippen LogP contribution in [0, 0.1) is 6.92 Å². The summed E-state index contributed by atoms with van der Waals surface area (Å²) in [6.07, 6.45) is 0. The van der Waals surface area contributed by atoms with Crippen molar-refractivity contribution >= 4 is 152 Å². The highest BCUT2D eigenvalue weighted by atomic mass is 15.3. The zero-order chi connectivity index (χ0) is 84.6. The first kappa shape index (κ1) is 72.0. The number of aromatic nitrogens is 12. The minimum absolute atomic E-state index is 0.489. The summed E-state index contributed by atoms with van der Waals surface area (Å²) >= 11 is 0. The Kier molecular flexibility index (Phi) is 15.8. The van der Waals surface area contributed by atoms with E-state index in [4.69, 9.17) is 29.9 Å². The Bertz CT molecular complexity index is 9320. The highest BCUT2D eigenvalue weighted by Gasteiger charge is 2.31. The van der Waals surface area contributed by atoms with Crippen LogP contribution in [-0.2, 0) is 0 Å². The number of aryl methyl sites for hydroxylation is 1. The summed E-state index contributed by atoms with van der Waals surface area (Å²) in [5.41, 5.74) is 25.9. The maximum atomic E-state index is 5.91. The molecule has 0 saturated carbocycles. The lowest BCUT2D eigenvalue weighted by Gasteiger charge is -2.15. The van der Waals surface area contributed by atoms with Gasteiger partial charge in [0.2, 0.25) is 17.8 Å². The third-order valence-corrected chi connectivity index (χ3v) is 26.6. The van der Waals surface area contributed by atoms with Crippen LogP contribution in [0.2, 0.25) is 0 Å². The Morgan fingerprint density at radius 3 is 1.02 bits per heavy atom. The summed E-state index contributed by atoms with van der Waals surface area (Å²) in [6, 6.07) is 151. The van der Waals surface area contributed by atoms with Crippen molar-refractivity contribution < 1.29 is 0 Å². The van der Waals surface area contributed by atoms with Gasteiger partial charge in [-0.25, -0.2) is 4.98 Å². The Morgan fingerprint density at radius 1 is 0.163 bits per heavy atom. The van der Waals surface area contributed by atoms with Gasteiger partial charge in [0.15, 0.2) is 17.5 Å². The summed E-state index contributed by atoms with van der Waals surface area (Å²) in [5, 5.41) is 17.9. The van der Waals surface area contributed by atoms with Gasteiger partial charge in [-0.3, -0.25) is 13.7 Å². The van der Waals surface area contributed by atoms with Gasteiger partial charge in [0, 0.05) is 98.4 Å². The molecular weight excluding hydrogens is 1570 g/mol. The van der Waals surface area contributed by atoms with Gasteiger partial charge in [-0.05, 0) is 164 Å². The fourth-order valence-electron chi connectivity index (χ4n) is 20.8. The molecule has 0 spiro atoms. The summed E-state index contributed by atoms with van der Waals surface area (Å²) in [6.45, 7) is 2.28. The van der Waals surface area contributed by atoms with Crippen LogP contribution >= 0.6 is 0 Å². The lowest BCUT2D eigenvalue weighted by Crippen LogP contribution is -2.11. The van der Waals surface area contributed by atoms with E-state index >= 15 is 0 Å². The molecule has 0 amide bonds. The second-order valence-electron chi connectivity index (χ2n) is 33.8. The maximum Gasteiger partial charge on any atom is 0.240 e. The molecular formula is C117H72N12. The molecule has 600 valence electrons. The molecule has 0 aliphatic carbocycles. The average Bonchev–Trinajstić information content (AvgIpc) is 1.54. The zero-order valence-corrected chi connectivity index (χ0v) is 69.7. The summed E-state index contributed by atoms with van der Waals surface area (Å²) in [4.78, 5) is 33.7. The van der Waals surface area contributed by atoms with Gasteiger partial charge in [-0.2, -0.15) is 24.9 Å². The van der Waals surface area contributed by atoms with E-state index in [2.05, 4.69) is 417 Å². The molecule has 0 atom stereocenters. The smallest absolute Gasteiger partial charge is 0.240 e. The topological polar surface area (TPSA) is 107 Å². The van der Waals surface area contributed by atoms with Gasteiger partial charge in [-0.15, -0.1) is 0 Å². The monoisotopic (exact) mass is 1640 g/mol. The number of nitrogens with zero attached hydrogens (tertiary/aromatic N) is 12. The van der Waals surface area contributed by atoms with Crippen LogP contribution in [0.15, 0.2) is 419 Å². The first-order valence-electron chi connectivity index (χ1n) is 43.8. The molecule has 0 bridgehead atoms. The second-order valence-corrected chi connectivity index (χ2v) is 33.8. The van der Waals surface area contributed by atoms with E-state index in [9.17, 15) is 0 Å². The van der Waals surface area contributed by atoms with Crippen molar-refractivity contribution in [2.45, 2.75) is 6.92 Å². The maximum absolute atomic E-state index is 5.91. The predicted octanol–water partition coefficient (Wildman–Crippen LogP) is 29.3. The molecule has 0 unspecified atom stereocenters. The Hall–Kier alpha value is -17.5. The molecule has 0 radical (unpaired) electrons. The van der Waals surface area contributed by atoms with Crippen LogP contribution in [0.25, 0.3) is 255 Å². The van der Waals surface area contributed by atoms with E-state index in [1.165, 1.54) is 5.39 Å². The van der Waals surface area contributed by atoms with Crippen molar-refractivity contribution in [3.63, 3.8) is 0 Å². The number of rotatable bonds is 12. The first-order chi connectivity index (χ1) is 63.9. The van der Waals surface area contributed by atoms with Crippen LogP contribution in [0.3, 0.4) is 0 Å². The average molecular weight is 1650 g/mol. The second kappa shape index (κ2) is 28.3. The molecule has 12 nitrogen and oxygen atoms in total. The zero-order valence-electron chi connectivity index (χ0n) is 69.7. The van der Waals surface area contributed by atoms with Crippen LogP contribution in [-0.4, -0.2) is 57.3 Å². The molecule has 0 fully saturated rings. The van der Waals surface area contributed by atoms with E-state index in [0.717, 1.165) is 220 Å². The van der Waals surface area contributed by atoms with Crippen molar-refractivity contribution in [2.24, 2.45) is 0 Å². The number of hydrogen-bond acceptors (Lipinski definition) is 6. The van der Waals surface area contributed by atoms with Gasteiger partial charge in [0.05, 0.1) is 66.2 Å². The number of fused-ring (bicyclic) bond motifs is 23. The summed E-state index contributed by atoms with van der Waals surface area (Å²) in [5.74, 6) is 3.22. The van der Waals surface area contributed by atoms with Crippen LogP contribution < -0.4 is 0 Å². The minimum atomic E-state index is 0.489. The first-order valence-corrected chi connectivity index (χ1v) is 43.8. The predicted molar refractivity (Wildman–Crippen MR) is 532 cm³/mol. The van der Waals surface area contributed by atoms with Crippen molar-refractivity contribution in [3.05, 3.63) is 424 Å². The molecule has 0 N–H and O–H groups in total. The highest BCUT2D eigenvalue weighted by Crippen LogP contribution is 2.49. The Morgan fingerprint density at radius 2 is 0.496 bits per heavy atom. The van der Waals surface area contributed by atoms with Gasteiger partial charge in [-0.1, -0.05) is 322 Å². The van der Waals surface area contributed by atoms with E-state index in [1.807, 2.05) is 36.4 Å². The fourth-order valence-corrected chi connectivity index (χ4v) is 20.8. The molecule has 12 heteroatoms. The largest absolute Gasteiger partial charge is 0.307 e. The van der Waals surface area contributed by atoms with Crippen LogP contribution in [0.4, 0.5) is 0 Å². The van der Waals surface area contributed by atoms with Gasteiger partial charge >= 0.3 is 0 Å². The Balaban J connectivity index is 0.645. The molecule has 8 heterocycles. The van der Waals surface area contributed by atoms with Gasteiger partial charge < -0.3 is 13.7 Å². The molecule has 0 saturated heterocycles. The molecule has 8 aromatic heterocycles. The quantitative estimate of drug-likeness (QED) is 0.121. The number of benzene rings is 19. The van der Waals surface area contributed by atoms with E-state index in [-0.39, 0.29) is 0 Å². The third-order valence-electron chi connectivity index (χ3n) is 26.6. The van der Waals surface area contributed by atoms with Gasteiger partial charge in [0.25, 0.3) is 0 Å². The van der Waals surface area contributed by atoms with Crippen molar-refractivity contribution in [1.82, 2.24) is 57.3 Å². The van der Waals surface area contributed by atoms with E-state index < -0.39 is 0 Å². The lowest BCUT2D eigenvalue weighted by molar-refractivity contribution is 0.893.